The van der Waals surface area contributed by atoms with Gasteiger partial charge in [0.05, 0.1) is 0 Å². The van der Waals surface area contributed by atoms with E-state index in [4.69, 9.17) is 12.6 Å². The van der Waals surface area contributed by atoms with Gasteiger partial charge in [0.1, 0.15) is 0 Å². The lowest BCUT2D eigenvalue weighted by Crippen LogP contribution is -2.13. The molecule has 1 heteroatoms. The average molecular weight is 327 g/mol. The third-order valence-corrected chi connectivity index (χ3v) is 4.91. The van der Waals surface area contributed by atoms with Crippen LogP contribution in [-0.2, 0) is 10.8 Å². The van der Waals surface area contributed by atoms with Gasteiger partial charge in [-0.25, -0.2) is 0 Å². The van der Waals surface area contributed by atoms with Crippen LogP contribution in [0.4, 0.5) is 0 Å². The third kappa shape index (κ3) is 3.83. The van der Waals surface area contributed by atoms with Gasteiger partial charge in [-0.15, -0.1) is 12.6 Å². The summed E-state index contributed by atoms with van der Waals surface area (Å²) in [6, 6.07) is 11.4. The second-order valence-electron chi connectivity index (χ2n) is 8.71. The van der Waals surface area contributed by atoms with Crippen molar-refractivity contribution in [2.24, 2.45) is 0 Å². The van der Waals surface area contributed by atoms with Crippen LogP contribution in [0.2, 0.25) is 0 Å². The minimum absolute atomic E-state index is 0.0923. The zero-order valence-corrected chi connectivity index (χ0v) is 16.7. The molecular weight excluding hydrogens is 296 g/mol. The van der Waals surface area contributed by atoms with Gasteiger partial charge in [0.2, 0.25) is 0 Å². The molecule has 0 heterocycles. The molecule has 0 saturated carbocycles. The van der Waals surface area contributed by atoms with Gasteiger partial charge in [-0.2, -0.15) is 0 Å². The number of aryl methyl sites for hydroxylation is 2. The zero-order chi connectivity index (χ0) is 17.6. The summed E-state index contributed by atoms with van der Waals surface area (Å²) in [4.78, 5) is 1.09. The summed E-state index contributed by atoms with van der Waals surface area (Å²) < 4.78 is 0. The van der Waals surface area contributed by atoms with Gasteiger partial charge in [0.15, 0.2) is 0 Å². The summed E-state index contributed by atoms with van der Waals surface area (Å²) >= 11 is 4.71. The van der Waals surface area contributed by atoms with Gasteiger partial charge in [-0.3, -0.25) is 0 Å². The maximum absolute atomic E-state index is 4.71. The van der Waals surface area contributed by atoms with Crippen molar-refractivity contribution in [3.05, 3.63) is 52.6 Å². The summed E-state index contributed by atoms with van der Waals surface area (Å²) in [7, 11) is 0. The maximum atomic E-state index is 4.71. The lowest BCUT2D eigenvalue weighted by molar-refractivity contribution is 0.578. The summed E-state index contributed by atoms with van der Waals surface area (Å²) in [5.74, 6) is 0. The van der Waals surface area contributed by atoms with Crippen LogP contribution in [0.5, 0.6) is 0 Å². The first-order valence-electron chi connectivity index (χ1n) is 8.37. The van der Waals surface area contributed by atoms with Crippen LogP contribution in [-0.4, -0.2) is 0 Å². The Bertz CT molecular complexity index is 725. The predicted molar refractivity (Wildman–Crippen MR) is 106 cm³/mol. The largest absolute Gasteiger partial charge is 0.143 e. The number of hydrogen-bond acceptors (Lipinski definition) is 1. The monoisotopic (exact) mass is 326 g/mol. The van der Waals surface area contributed by atoms with Gasteiger partial charge >= 0.3 is 0 Å². The number of hydrogen-bond donors (Lipinski definition) is 1. The van der Waals surface area contributed by atoms with E-state index in [-0.39, 0.29) is 10.8 Å². The topological polar surface area (TPSA) is 0 Å². The molecule has 2 aromatic carbocycles. The molecule has 0 fully saturated rings. The van der Waals surface area contributed by atoms with E-state index in [1.165, 1.54) is 33.4 Å². The van der Waals surface area contributed by atoms with Gasteiger partial charge in [0.25, 0.3) is 0 Å². The lowest BCUT2D eigenvalue weighted by Gasteiger charge is -2.25. The van der Waals surface area contributed by atoms with Crippen LogP contribution in [0.1, 0.15) is 63.8 Å². The van der Waals surface area contributed by atoms with Crippen molar-refractivity contribution < 1.29 is 0 Å². The molecule has 0 aliphatic heterocycles. The normalized spacial score (nSPS) is 12.6. The standard InChI is InChI=1S/C22H30S/c1-14-9-10-16(21(3,4)5)12-17(14)18-13-19(22(6,7)8)20(23)11-15(18)2/h9-13,23H,1-8H3. The summed E-state index contributed by atoms with van der Waals surface area (Å²) in [5.41, 5.74) is 8.23. The molecule has 0 aliphatic rings. The van der Waals surface area contributed by atoms with Crippen LogP contribution < -0.4 is 0 Å². The van der Waals surface area contributed by atoms with Crippen LogP contribution in [0.15, 0.2) is 35.2 Å². The minimum atomic E-state index is 0.0923. The van der Waals surface area contributed by atoms with E-state index in [2.05, 4.69) is 85.7 Å². The molecule has 0 saturated heterocycles. The fourth-order valence-electron chi connectivity index (χ4n) is 2.96. The average Bonchev–Trinajstić information content (AvgIpc) is 2.37. The fourth-order valence-corrected chi connectivity index (χ4v) is 3.56. The Morgan fingerprint density at radius 3 is 1.78 bits per heavy atom. The zero-order valence-electron chi connectivity index (χ0n) is 15.8. The van der Waals surface area contributed by atoms with E-state index in [1.54, 1.807) is 0 Å². The Labute approximate surface area is 147 Å². The van der Waals surface area contributed by atoms with E-state index >= 15 is 0 Å². The van der Waals surface area contributed by atoms with E-state index in [0.29, 0.717) is 0 Å². The van der Waals surface area contributed by atoms with Crippen LogP contribution >= 0.6 is 12.6 Å². The minimum Gasteiger partial charge on any atom is -0.143 e. The number of rotatable bonds is 1. The first-order valence-corrected chi connectivity index (χ1v) is 8.81. The second-order valence-corrected chi connectivity index (χ2v) is 9.20. The third-order valence-electron chi connectivity index (χ3n) is 4.54. The first-order chi connectivity index (χ1) is 10.4. The highest BCUT2D eigenvalue weighted by molar-refractivity contribution is 7.80. The fraction of sp³-hybridized carbons (Fsp3) is 0.455. The molecule has 0 spiro atoms. The van der Waals surface area contributed by atoms with Crippen molar-refractivity contribution in [2.45, 2.75) is 71.1 Å². The molecule has 23 heavy (non-hydrogen) atoms. The summed E-state index contributed by atoms with van der Waals surface area (Å²) in [6.45, 7) is 17.9. The number of thiol groups is 1. The molecule has 2 aromatic rings. The Morgan fingerprint density at radius 2 is 1.26 bits per heavy atom. The Balaban J connectivity index is 2.72. The van der Waals surface area contributed by atoms with Crippen LogP contribution in [0.3, 0.4) is 0 Å². The smallest absolute Gasteiger partial charge is 0.00804 e. The number of benzene rings is 2. The Kier molecular flexibility index (Phi) is 4.74. The van der Waals surface area contributed by atoms with Crippen molar-refractivity contribution in [3.63, 3.8) is 0 Å². The predicted octanol–water partition coefficient (Wildman–Crippen LogP) is 6.85. The summed E-state index contributed by atoms with van der Waals surface area (Å²) in [5, 5.41) is 0. The molecule has 0 radical (unpaired) electrons. The lowest BCUT2D eigenvalue weighted by atomic mass is 9.81. The van der Waals surface area contributed by atoms with E-state index in [1.807, 2.05) is 0 Å². The molecule has 2 rings (SSSR count). The molecule has 0 nitrogen and oxygen atoms in total. The molecule has 0 aromatic heterocycles. The highest BCUT2D eigenvalue weighted by atomic mass is 32.1. The van der Waals surface area contributed by atoms with E-state index < -0.39 is 0 Å². The Hall–Kier alpha value is -1.21. The SMILES string of the molecule is Cc1ccc(C(C)(C)C)cc1-c1cc(C(C)(C)C)c(S)cc1C. The molecule has 0 unspecified atom stereocenters. The van der Waals surface area contributed by atoms with Crippen molar-refractivity contribution in [1.29, 1.82) is 0 Å². The second kappa shape index (κ2) is 6.02. The summed E-state index contributed by atoms with van der Waals surface area (Å²) in [6.07, 6.45) is 0. The van der Waals surface area contributed by atoms with Crippen molar-refractivity contribution in [3.8, 4) is 11.1 Å². The quantitative estimate of drug-likeness (QED) is 0.544. The van der Waals surface area contributed by atoms with Gasteiger partial charge in [-0.1, -0.05) is 59.7 Å². The first kappa shape index (κ1) is 18.1. The Morgan fingerprint density at radius 1 is 0.696 bits per heavy atom. The van der Waals surface area contributed by atoms with Gasteiger partial charge in [0, 0.05) is 4.90 Å². The molecular formula is C22H30S. The maximum Gasteiger partial charge on any atom is 0.00804 e. The molecule has 0 N–H and O–H groups in total. The molecule has 124 valence electrons. The highest BCUT2D eigenvalue weighted by Crippen LogP contribution is 2.37. The van der Waals surface area contributed by atoms with Crippen molar-refractivity contribution in [2.75, 3.05) is 0 Å². The van der Waals surface area contributed by atoms with Gasteiger partial charge in [-0.05, 0) is 70.2 Å². The van der Waals surface area contributed by atoms with E-state index in [9.17, 15) is 0 Å². The molecule has 0 atom stereocenters. The van der Waals surface area contributed by atoms with Crippen LogP contribution in [0.25, 0.3) is 11.1 Å². The van der Waals surface area contributed by atoms with Crippen molar-refractivity contribution >= 4 is 12.6 Å². The van der Waals surface area contributed by atoms with Gasteiger partial charge < -0.3 is 0 Å². The van der Waals surface area contributed by atoms with Crippen LogP contribution in [0, 0.1) is 13.8 Å². The van der Waals surface area contributed by atoms with Crippen molar-refractivity contribution in [1.82, 2.24) is 0 Å². The highest BCUT2D eigenvalue weighted by Gasteiger charge is 2.20. The molecule has 0 bridgehead atoms. The van der Waals surface area contributed by atoms with E-state index in [0.717, 1.165) is 4.90 Å². The molecule has 0 aliphatic carbocycles. The molecule has 0 amide bonds.